The molecule has 0 spiro atoms. The van der Waals surface area contributed by atoms with E-state index in [9.17, 15) is 0 Å². The van der Waals surface area contributed by atoms with Crippen LogP contribution < -0.4 is 5.84 Å². The van der Waals surface area contributed by atoms with Gasteiger partial charge < -0.3 is 5.84 Å². The van der Waals surface area contributed by atoms with E-state index < -0.39 is 0 Å². The zero-order valence-corrected chi connectivity index (χ0v) is 7.90. The first-order valence-electron chi connectivity index (χ1n) is 4.72. The number of nitrogen functional groups attached to an aromatic ring is 1. The van der Waals surface area contributed by atoms with E-state index in [4.69, 9.17) is 5.84 Å². The van der Waals surface area contributed by atoms with Crippen molar-refractivity contribution in [2.75, 3.05) is 5.84 Å². The second kappa shape index (κ2) is 2.97. The maximum Gasteiger partial charge on any atom is 0.174 e. The Morgan fingerprint density at radius 1 is 1.46 bits per heavy atom. The zero-order chi connectivity index (χ0) is 9.31. The lowest BCUT2D eigenvalue weighted by Crippen LogP contribution is -2.22. The first-order chi connectivity index (χ1) is 6.20. The highest BCUT2D eigenvalue weighted by molar-refractivity contribution is 4.92. The molecule has 5 nitrogen and oxygen atoms in total. The molecule has 0 radical (unpaired) electrons. The lowest BCUT2D eigenvalue weighted by molar-refractivity contribution is 0.323. The summed E-state index contributed by atoms with van der Waals surface area (Å²) in [6, 6.07) is 0. The van der Waals surface area contributed by atoms with Crippen molar-refractivity contribution < 1.29 is 0 Å². The fourth-order valence-electron chi connectivity index (χ4n) is 2.12. The van der Waals surface area contributed by atoms with Crippen LogP contribution in [0.5, 0.6) is 0 Å². The van der Waals surface area contributed by atoms with Crippen LogP contribution >= 0.6 is 0 Å². The Balaban J connectivity index is 2.09. The third-order valence-electron chi connectivity index (χ3n) is 2.96. The van der Waals surface area contributed by atoms with E-state index in [2.05, 4.69) is 22.4 Å². The molecule has 1 fully saturated rings. The molecule has 1 aliphatic rings. The van der Waals surface area contributed by atoms with Crippen molar-refractivity contribution in [1.29, 1.82) is 0 Å². The molecule has 0 unspecified atom stereocenters. The number of hydrogen-bond donors (Lipinski definition) is 1. The van der Waals surface area contributed by atoms with Crippen molar-refractivity contribution in [1.82, 2.24) is 20.3 Å². The monoisotopic (exact) mass is 181 g/mol. The Kier molecular flexibility index (Phi) is 1.94. The minimum absolute atomic E-state index is 0.367. The second-order valence-corrected chi connectivity index (χ2v) is 4.23. The predicted molar refractivity (Wildman–Crippen MR) is 48.2 cm³/mol. The molecule has 0 amide bonds. The third-order valence-corrected chi connectivity index (χ3v) is 2.96. The van der Waals surface area contributed by atoms with Crippen LogP contribution in [0, 0.1) is 5.41 Å². The lowest BCUT2D eigenvalue weighted by atomic mass is 9.85. The molecule has 1 aromatic rings. The minimum atomic E-state index is 0.367. The van der Waals surface area contributed by atoms with Crippen LogP contribution in [0.2, 0.25) is 0 Å². The molecule has 2 N–H and O–H groups in total. The Labute approximate surface area is 77.3 Å². The van der Waals surface area contributed by atoms with E-state index in [0.29, 0.717) is 5.41 Å². The third kappa shape index (κ3) is 1.64. The summed E-state index contributed by atoms with van der Waals surface area (Å²) in [6.07, 6.45) is 6.07. The molecule has 1 saturated carbocycles. The van der Waals surface area contributed by atoms with E-state index in [1.807, 2.05) is 0 Å². The molecule has 1 heterocycles. The topological polar surface area (TPSA) is 69.6 Å². The standard InChI is InChI=1S/C8H15N5/c1-8(4-2-3-5-8)6-7-10-11-12-13(7)9/h2-6,9H2,1H3. The summed E-state index contributed by atoms with van der Waals surface area (Å²) in [5.41, 5.74) is 0.367. The fraction of sp³-hybridized carbons (Fsp3) is 0.875. The van der Waals surface area contributed by atoms with E-state index in [0.717, 1.165) is 12.2 Å². The number of nitrogens with zero attached hydrogens (tertiary/aromatic N) is 4. The van der Waals surface area contributed by atoms with Gasteiger partial charge in [-0.2, -0.15) is 0 Å². The van der Waals surface area contributed by atoms with Gasteiger partial charge in [-0.1, -0.05) is 19.8 Å². The van der Waals surface area contributed by atoms with Gasteiger partial charge in [-0.05, 0) is 28.7 Å². The predicted octanol–water partition coefficient (Wildman–Crippen LogP) is 0.510. The zero-order valence-electron chi connectivity index (χ0n) is 7.90. The van der Waals surface area contributed by atoms with Crippen LogP contribution in [0.1, 0.15) is 38.4 Å². The van der Waals surface area contributed by atoms with Crippen molar-refractivity contribution in [2.24, 2.45) is 5.41 Å². The number of nitrogens with two attached hydrogens (primary N) is 1. The van der Waals surface area contributed by atoms with Crippen LogP contribution in [0.4, 0.5) is 0 Å². The van der Waals surface area contributed by atoms with Crippen LogP contribution in [-0.2, 0) is 6.42 Å². The van der Waals surface area contributed by atoms with Crippen molar-refractivity contribution in [3.63, 3.8) is 0 Å². The number of rotatable bonds is 2. The smallest absolute Gasteiger partial charge is 0.174 e. The molecule has 72 valence electrons. The summed E-state index contributed by atoms with van der Waals surface area (Å²) in [6.45, 7) is 2.29. The number of tetrazole rings is 1. The highest BCUT2D eigenvalue weighted by atomic mass is 15.6. The van der Waals surface area contributed by atoms with Crippen molar-refractivity contribution in [2.45, 2.75) is 39.0 Å². The first-order valence-corrected chi connectivity index (χ1v) is 4.72. The largest absolute Gasteiger partial charge is 0.320 e. The molecule has 0 saturated heterocycles. The Hall–Kier alpha value is -1.13. The summed E-state index contributed by atoms with van der Waals surface area (Å²) in [5.74, 6) is 6.35. The average molecular weight is 181 g/mol. The number of aromatic nitrogens is 4. The second-order valence-electron chi connectivity index (χ2n) is 4.23. The van der Waals surface area contributed by atoms with E-state index in [1.54, 1.807) is 0 Å². The molecule has 0 aliphatic heterocycles. The fourth-order valence-corrected chi connectivity index (χ4v) is 2.12. The minimum Gasteiger partial charge on any atom is -0.320 e. The van der Waals surface area contributed by atoms with E-state index in [-0.39, 0.29) is 0 Å². The molecule has 1 aromatic heterocycles. The maximum atomic E-state index is 5.56. The summed E-state index contributed by atoms with van der Waals surface area (Å²) in [7, 11) is 0. The van der Waals surface area contributed by atoms with Gasteiger partial charge in [-0.25, -0.2) is 0 Å². The normalized spacial score (nSPS) is 20.7. The molecular formula is C8H15N5. The van der Waals surface area contributed by atoms with Gasteiger partial charge in [0.2, 0.25) is 0 Å². The highest BCUT2D eigenvalue weighted by Crippen LogP contribution is 2.39. The SMILES string of the molecule is CC1(Cc2nnnn2N)CCCC1. The summed E-state index contributed by atoms with van der Waals surface area (Å²) >= 11 is 0. The summed E-state index contributed by atoms with van der Waals surface area (Å²) < 4.78 is 0. The van der Waals surface area contributed by atoms with Crippen LogP contribution in [-0.4, -0.2) is 20.3 Å². The Morgan fingerprint density at radius 3 is 2.69 bits per heavy atom. The molecule has 2 rings (SSSR count). The van der Waals surface area contributed by atoms with Gasteiger partial charge in [-0.15, -0.1) is 9.89 Å². The van der Waals surface area contributed by atoms with Gasteiger partial charge in [0.1, 0.15) is 0 Å². The lowest BCUT2D eigenvalue weighted by Gasteiger charge is -2.21. The van der Waals surface area contributed by atoms with Crippen molar-refractivity contribution in [3.8, 4) is 0 Å². The molecule has 5 heteroatoms. The van der Waals surface area contributed by atoms with E-state index in [1.165, 1.54) is 30.5 Å². The van der Waals surface area contributed by atoms with Gasteiger partial charge in [0.25, 0.3) is 0 Å². The quantitative estimate of drug-likeness (QED) is 0.675. The first kappa shape index (κ1) is 8.47. The van der Waals surface area contributed by atoms with Gasteiger partial charge >= 0.3 is 0 Å². The van der Waals surface area contributed by atoms with Crippen LogP contribution in [0.15, 0.2) is 0 Å². The average Bonchev–Trinajstić information content (AvgIpc) is 2.64. The molecule has 0 bridgehead atoms. The van der Waals surface area contributed by atoms with Gasteiger partial charge in [-0.3, -0.25) is 0 Å². The van der Waals surface area contributed by atoms with Gasteiger partial charge in [0.05, 0.1) is 0 Å². The Morgan fingerprint density at radius 2 is 2.15 bits per heavy atom. The van der Waals surface area contributed by atoms with Crippen LogP contribution in [0.3, 0.4) is 0 Å². The van der Waals surface area contributed by atoms with Crippen LogP contribution in [0.25, 0.3) is 0 Å². The highest BCUT2D eigenvalue weighted by Gasteiger charge is 2.30. The van der Waals surface area contributed by atoms with Gasteiger partial charge in [0, 0.05) is 6.42 Å². The molecule has 1 aliphatic carbocycles. The summed E-state index contributed by atoms with van der Waals surface area (Å²) in [5, 5.41) is 11.1. The van der Waals surface area contributed by atoms with Gasteiger partial charge in [0.15, 0.2) is 5.82 Å². The maximum absolute atomic E-state index is 5.56. The molecule has 0 atom stereocenters. The molecule has 0 aromatic carbocycles. The molecule has 13 heavy (non-hydrogen) atoms. The van der Waals surface area contributed by atoms with E-state index >= 15 is 0 Å². The number of hydrogen-bond acceptors (Lipinski definition) is 4. The van der Waals surface area contributed by atoms with Crippen molar-refractivity contribution >= 4 is 0 Å². The summed E-state index contributed by atoms with van der Waals surface area (Å²) in [4.78, 5) is 1.28. The molecular weight excluding hydrogens is 166 g/mol. The Bertz CT molecular complexity index is 286. The van der Waals surface area contributed by atoms with Crippen molar-refractivity contribution in [3.05, 3.63) is 5.82 Å².